The van der Waals surface area contributed by atoms with E-state index in [0.29, 0.717) is 23.8 Å². The Morgan fingerprint density at radius 3 is 2.17 bits per heavy atom. The number of carbonyl (C=O) groups excluding carboxylic acids is 1. The second-order valence-corrected chi connectivity index (χ2v) is 8.53. The molecule has 0 spiro atoms. The highest BCUT2D eigenvalue weighted by molar-refractivity contribution is 7.51. The van der Waals surface area contributed by atoms with Gasteiger partial charge in [0.25, 0.3) is 5.48 Å². The summed E-state index contributed by atoms with van der Waals surface area (Å²) < 4.78 is 5.49. The molecule has 0 fully saturated rings. The lowest BCUT2D eigenvalue weighted by Gasteiger charge is -2.22. The van der Waals surface area contributed by atoms with Gasteiger partial charge in [-0.05, 0) is 19.3 Å². The molecule has 0 bridgehead atoms. The highest BCUT2D eigenvalue weighted by Gasteiger charge is 2.16. The molecule has 0 aromatic heterocycles. The highest BCUT2D eigenvalue weighted by atomic mass is 31.1. The van der Waals surface area contributed by atoms with Gasteiger partial charge in [0.1, 0.15) is 6.16 Å². The minimum absolute atomic E-state index is 0.140. The van der Waals surface area contributed by atoms with Crippen molar-refractivity contribution in [3.05, 3.63) is 12.7 Å². The van der Waals surface area contributed by atoms with Crippen molar-refractivity contribution < 1.29 is 24.0 Å². The summed E-state index contributed by atoms with van der Waals surface area (Å²) in [6, 6.07) is 0. The van der Waals surface area contributed by atoms with Crippen LogP contribution in [0.4, 0.5) is 0 Å². The summed E-state index contributed by atoms with van der Waals surface area (Å²) in [5.74, 6) is -0.357. The zero-order chi connectivity index (χ0) is 17.7. The van der Waals surface area contributed by atoms with Gasteiger partial charge in [0.15, 0.2) is 6.54 Å². The number of nitrogens with zero attached hydrogens (tertiary/aromatic N) is 1. The molecule has 0 saturated heterocycles. The molecular weight excluding hydrogens is 313 g/mol. The topological polar surface area (TPSA) is 69.6 Å². The molecule has 0 aromatic carbocycles. The van der Waals surface area contributed by atoms with E-state index in [2.05, 4.69) is 6.58 Å². The zero-order valence-electron chi connectivity index (χ0n) is 14.9. The molecule has 0 aliphatic carbocycles. The Morgan fingerprint density at radius 2 is 1.65 bits per heavy atom. The Bertz CT molecular complexity index is 389. The van der Waals surface area contributed by atoms with Crippen molar-refractivity contribution in [2.75, 3.05) is 40.5 Å². The summed E-state index contributed by atoms with van der Waals surface area (Å²) in [6.07, 6.45) is 9.02. The number of ether oxygens (including phenoxy) is 1. The number of rotatable bonds is 13. The molecule has 1 N–H and O–H groups in total. The molecule has 23 heavy (non-hydrogen) atoms. The average Bonchev–Trinajstić information content (AvgIpc) is 2.46. The Balaban J connectivity index is 3.54. The first-order valence-corrected chi connectivity index (χ1v) is 9.80. The van der Waals surface area contributed by atoms with E-state index in [0.717, 1.165) is 44.9 Å². The van der Waals surface area contributed by atoms with E-state index >= 15 is 0 Å². The lowest BCUT2D eigenvalue weighted by molar-refractivity contribution is -0.861. The van der Waals surface area contributed by atoms with Crippen LogP contribution < -0.4 is 4.89 Å². The van der Waals surface area contributed by atoms with Crippen LogP contribution >= 0.6 is 7.77 Å². The smallest absolute Gasteiger partial charge is 0.330 e. The summed E-state index contributed by atoms with van der Waals surface area (Å²) in [6.45, 7) is 4.26. The molecular formula is C17H33NO4P+. The first-order chi connectivity index (χ1) is 10.8. The predicted molar refractivity (Wildman–Crippen MR) is 95.1 cm³/mol. The van der Waals surface area contributed by atoms with Gasteiger partial charge in [0, 0.05) is 6.08 Å². The fraction of sp³-hybridized carbons (Fsp3) is 0.765. The first-order valence-electron chi connectivity index (χ1n) is 8.35. The number of esters is 1. The van der Waals surface area contributed by atoms with Crippen molar-refractivity contribution in [1.82, 2.24) is 0 Å². The van der Waals surface area contributed by atoms with Crippen LogP contribution in [0, 0.1) is 0 Å². The van der Waals surface area contributed by atoms with Gasteiger partial charge in [-0.2, -0.15) is 0 Å². The SMILES string of the molecule is C=CC(=O)OCCCCCCCCC/[P+]([O-])=C(\O)C[N+](C)(C)C. The van der Waals surface area contributed by atoms with Crippen LogP contribution in [0.2, 0.25) is 0 Å². The third-order valence-corrected chi connectivity index (χ3v) is 4.76. The van der Waals surface area contributed by atoms with Crippen LogP contribution in [0.15, 0.2) is 12.7 Å². The van der Waals surface area contributed by atoms with Gasteiger partial charge in [-0.15, -0.1) is 0 Å². The van der Waals surface area contributed by atoms with Crippen LogP contribution in [-0.2, 0) is 9.53 Å². The lowest BCUT2D eigenvalue weighted by atomic mass is 10.1. The van der Waals surface area contributed by atoms with E-state index in [9.17, 15) is 14.8 Å². The Morgan fingerprint density at radius 1 is 1.13 bits per heavy atom. The molecule has 6 heteroatoms. The van der Waals surface area contributed by atoms with Crippen molar-refractivity contribution >= 4 is 19.2 Å². The summed E-state index contributed by atoms with van der Waals surface area (Å²) in [5, 5.41) is 9.81. The molecule has 0 aromatic rings. The lowest BCUT2D eigenvalue weighted by Crippen LogP contribution is -2.39. The monoisotopic (exact) mass is 346 g/mol. The van der Waals surface area contributed by atoms with E-state index in [1.165, 1.54) is 6.08 Å². The van der Waals surface area contributed by atoms with Crippen LogP contribution in [-0.4, -0.2) is 61.5 Å². The molecule has 0 aliphatic rings. The summed E-state index contributed by atoms with van der Waals surface area (Å²) in [4.78, 5) is 22.7. The number of carbonyl (C=O) groups is 1. The molecule has 0 amide bonds. The van der Waals surface area contributed by atoms with E-state index in [4.69, 9.17) is 4.74 Å². The van der Waals surface area contributed by atoms with Crippen LogP contribution in [0.5, 0.6) is 0 Å². The van der Waals surface area contributed by atoms with Crippen LogP contribution in [0.3, 0.4) is 0 Å². The van der Waals surface area contributed by atoms with Crippen molar-refractivity contribution in [2.45, 2.75) is 44.9 Å². The number of hydrogen-bond donors (Lipinski definition) is 1. The predicted octanol–water partition coefficient (Wildman–Crippen LogP) is 2.41. The maximum absolute atomic E-state index is 11.9. The molecule has 0 rings (SSSR count). The third-order valence-electron chi connectivity index (χ3n) is 3.32. The summed E-state index contributed by atoms with van der Waals surface area (Å²) in [7, 11) is 4.31. The van der Waals surface area contributed by atoms with Gasteiger partial charge in [0.05, 0.1) is 35.5 Å². The van der Waals surface area contributed by atoms with Gasteiger partial charge in [0.2, 0.25) is 0 Å². The highest BCUT2D eigenvalue weighted by Crippen LogP contribution is 2.18. The zero-order valence-corrected chi connectivity index (χ0v) is 15.8. The molecule has 0 saturated carbocycles. The standard InChI is InChI=1S/C17H32NO4P/c1-5-16(19)22-13-11-9-7-6-8-10-12-14-23(21)17(20)15-18(2,3)4/h5H,1,6-15H2,2-4H3/p+1. The Hall–Kier alpha value is -0.740. The minimum atomic E-state index is -1.60. The van der Waals surface area contributed by atoms with Crippen molar-refractivity contribution in [2.24, 2.45) is 0 Å². The summed E-state index contributed by atoms with van der Waals surface area (Å²) >= 11 is 0. The fourth-order valence-corrected chi connectivity index (χ4v) is 3.46. The largest absolute Gasteiger partial charge is 0.629 e. The summed E-state index contributed by atoms with van der Waals surface area (Å²) in [5.41, 5.74) is 0.140. The van der Waals surface area contributed by atoms with Gasteiger partial charge in [-0.1, -0.05) is 32.3 Å². The van der Waals surface area contributed by atoms with Crippen molar-refractivity contribution in [3.63, 3.8) is 0 Å². The number of unbranched alkanes of at least 4 members (excludes halogenated alkanes) is 6. The van der Waals surface area contributed by atoms with E-state index in [1.54, 1.807) is 0 Å². The van der Waals surface area contributed by atoms with E-state index < -0.39 is 7.77 Å². The minimum Gasteiger partial charge on any atom is -0.629 e. The molecule has 0 aliphatic heterocycles. The second-order valence-electron chi connectivity index (χ2n) is 6.81. The third kappa shape index (κ3) is 14.6. The Labute approximate surface area is 142 Å². The number of aliphatic hydroxyl groups excluding tert-OH is 1. The van der Waals surface area contributed by atoms with Gasteiger partial charge >= 0.3 is 5.97 Å². The number of hydrogen-bond acceptors (Lipinski definition) is 3. The first kappa shape index (κ1) is 22.3. The van der Waals surface area contributed by atoms with Gasteiger partial charge < -0.3 is 19.2 Å². The van der Waals surface area contributed by atoms with Crippen molar-refractivity contribution in [1.29, 1.82) is 0 Å². The molecule has 0 radical (unpaired) electrons. The maximum atomic E-state index is 11.9. The maximum Gasteiger partial charge on any atom is 0.330 e. The second kappa shape index (κ2) is 12.7. The van der Waals surface area contributed by atoms with Gasteiger partial charge in [-0.3, -0.25) is 0 Å². The van der Waals surface area contributed by atoms with E-state index in [-0.39, 0.29) is 11.4 Å². The number of aliphatic hydroxyl groups is 1. The van der Waals surface area contributed by atoms with Crippen LogP contribution in [0.25, 0.3) is 0 Å². The molecule has 1 unspecified atom stereocenters. The van der Waals surface area contributed by atoms with Gasteiger partial charge in [-0.25, -0.2) is 4.79 Å². The fourth-order valence-electron chi connectivity index (χ4n) is 2.11. The van der Waals surface area contributed by atoms with E-state index in [1.807, 2.05) is 21.1 Å². The quantitative estimate of drug-likeness (QED) is 0.183. The Kier molecular flexibility index (Phi) is 12.2. The molecule has 134 valence electrons. The number of quaternary nitrogens is 1. The molecule has 1 atom stereocenters. The molecule has 5 nitrogen and oxygen atoms in total. The molecule has 0 heterocycles. The van der Waals surface area contributed by atoms with Crippen molar-refractivity contribution in [3.8, 4) is 0 Å². The average molecular weight is 346 g/mol. The van der Waals surface area contributed by atoms with Crippen LogP contribution in [0.1, 0.15) is 44.9 Å². The number of likely N-dealkylation sites (N-methyl/N-ethyl adjacent to an activating group) is 1. The normalized spacial score (nSPS) is 12.7.